The molecule has 0 radical (unpaired) electrons. The van der Waals surface area contributed by atoms with Crippen LogP contribution in [0.3, 0.4) is 0 Å². The third kappa shape index (κ3) is 4.24. The minimum absolute atomic E-state index is 0.179. The van der Waals surface area contributed by atoms with Crippen LogP contribution in [-0.4, -0.2) is 19.6 Å². The van der Waals surface area contributed by atoms with Crippen molar-refractivity contribution in [3.63, 3.8) is 0 Å². The normalized spacial score (nSPS) is 9.91. The molecular formula is C17H16INO3. The first-order valence-corrected chi connectivity index (χ1v) is 7.70. The molecule has 1 N–H and O–H groups in total. The summed E-state index contributed by atoms with van der Waals surface area (Å²) in [6, 6.07) is 12.5. The summed E-state index contributed by atoms with van der Waals surface area (Å²) in [5.74, 6) is 1.25. The number of carbonyl (C=O) groups excluding carboxylic acids is 1. The molecule has 0 unspecified atom stereocenters. The molecule has 2 rings (SSSR count). The van der Waals surface area contributed by atoms with E-state index in [2.05, 4.69) is 34.5 Å². The van der Waals surface area contributed by atoms with Crippen molar-refractivity contribution in [1.82, 2.24) is 0 Å². The lowest BCUT2D eigenvalue weighted by atomic mass is 10.2. The molecule has 0 bridgehead atoms. The summed E-state index contributed by atoms with van der Waals surface area (Å²) >= 11 is 2.14. The number of anilines is 1. The number of amides is 1. The molecule has 0 spiro atoms. The SMILES string of the molecule is C=CCOc1cccc(NC(=O)c2ccc(OC)c(I)c2)c1. The van der Waals surface area contributed by atoms with E-state index in [1.54, 1.807) is 37.5 Å². The van der Waals surface area contributed by atoms with Gasteiger partial charge in [-0.05, 0) is 52.9 Å². The van der Waals surface area contributed by atoms with E-state index < -0.39 is 0 Å². The third-order valence-corrected chi connectivity index (χ3v) is 3.72. The average Bonchev–Trinajstić information content (AvgIpc) is 2.53. The van der Waals surface area contributed by atoms with E-state index in [4.69, 9.17) is 9.47 Å². The van der Waals surface area contributed by atoms with Gasteiger partial charge in [0.15, 0.2) is 0 Å². The second kappa shape index (κ2) is 7.84. The predicted octanol–water partition coefficient (Wildman–Crippen LogP) is 4.12. The van der Waals surface area contributed by atoms with Crippen molar-refractivity contribution in [2.75, 3.05) is 19.0 Å². The summed E-state index contributed by atoms with van der Waals surface area (Å²) in [5.41, 5.74) is 1.25. The number of nitrogens with one attached hydrogen (secondary N) is 1. The maximum absolute atomic E-state index is 12.3. The lowest BCUT2D eigenvalue weighted by Gasteiger charge is -2.09. The van der Waals surface area contributed by atoms with E-state index in [0.29, 0.717) is 23.6 Å². The Labute approximate surface area is 143 Å². The zero-order valence-electron chi connectivity index (χ0n) is 12.1. The van der Waals surface area contributed by atoms with Crippen molar-refractivity contribution in [2.24, 2.45) is 0 Å². The number of hydrogen-bond acceptors (Lipinski definition) is 3. The van der Waals surface area contributed by atoms with Crippen LogP contribution in [0.1, 0.15) is 10.4 Å². The maximum Gasteiger partial charge on any atom is 0.255 e. The monoisotopic (exact) mass is 409 g/mol. The van der Waals surface area contributed by atoms with Crippen molar-refractivity contribution in [3.05, 3.63) is 64.3 Å². The summed E-state index contributed by atoms with van der Waals surface area (Å²) in [6.07, 6.45) is 1.67. The van der Waals surface area contributed by atoms with Gasteiger partial charge in [-0.3, -0.25) is 4.79 Å². The largest absolute Gasteiger partial charge is 0.496 e. The average molecular weight is 409 g/mol. The molecule has 0 heterocycles. The molecule has 0 fully saturated rings. The molecule has 2 aromatic carbocycles. The van der Waals surface area contributed by atoms with Gasteiger partial charge in [0, 0.05) is 17.3 Å². The molecular weight excluding hydrogens is 393 g/mol. The van der Waals surface area contributed by atoms with Gasteiger partial charge in [0.1, 0.15) is 18.1 Å². The van der Waals surface area contributed by atoms with E-state index in [9.17, 15) is 4.79 Å². The van der Waals surface area contributed by atoms with Crippen molar-refractivity contribution < 1.29 is 14.3 Å². The second-order valence-electron chi connectivity index (χ2n) is 4.43. The number of methoxy groups -OCH3 is 1. The van der Waals surface area contributed by atoms with Crippen molar-refractivity contribution in [1.29, 1.82) is 0 Å². The summed E-state index contributed by atoms with van der Waals surface area (Å²) in [4.78, 5) is 12.3. The highest BCUT2D eigenvalue weighted by Gasteiger charge is 2.09. The standard InChI is InChI=1S/C17H16INO3/c1-3-9-22-14-6-4-5-13(11-14)19-17(20)12-7-8-16(21-2)15(18)10-12/h3-8,10-11H,1,9H2,2H3,(H,19,20). The van der Waals surface area contributed by atoms with E-state index in [1.165, 1.54) is 0 Å². The molecule has 0 saturated heterocycles. The fourth-order valence-electron chi connectivity index (χ4n) is 1.83. The Bertz CT molecular complexity index is 685. The summed E-state index contributed by atoms with van der Waals surface area (Å²) < 4.78 is 11.5. The van der Waals surface area contributed by atoms with E-state index in [1.807, 2.05) is 18.2 Å². The van der Waals surface area contributed by atoms with Crippen LogP contribution in [0.15, 0.2) is 55.1 Å². The van der Waals surface area contributed by atoms with Gasteiger partial charge in [0.25, 0.3) is 5.91 Å². The molecule has 22 heavy (non-hydrogen) atoms. The minimum atomic E-state index is -0.179. The Morgan fingerprint density at radius 2 is 2.14 bits per heavy atom. The van der Waals surface area contributed by atoms with Crippen LogP contribution in [0.25, 0.3) is 0 Å². The minimum Gasteiger partial charge on any atom is -0.496 e. The summed E-state index contributed by atoms with van der Waals surface area (Å²) in [5, 5.41) is 2.85. The molecule has 5 heteroatoms. The Hall–Kier alpha value is -2.02. The van der Waals surface area contributed by atoms with E-state index >= 15 is 0 Å². The van der Waals surface area contributed by atoms with Gasteiger partial charge in [-0.25, -0.2) is 0 Å². The van der Waals surface area contributed by atoms with Crippen molar-refractivity contribution in [2.45, 2.75) is 0 Å². The van der Waals surface area contributed by atoms with Crippen LogP contribution in [0.4, 0.5) is 5.69 Å². The van der Waals surface area contributed by atoms with Gasteiger partial charge in [0.05, 0.1) is 10.7 Å². The highest BCUT2D eigenvalue weighted by atomic mass is 127. The first-order valence-electron chi connectivity index (χ1n) is 6.62. The highest BCUT2D eigenvalue weighted by Crippen LogP contribution is 2.23. The first-order chi connectivity index (χ1) is 10.6. The molecule has 0 aliphatic carbocycles. The molecule has 4 nitrogen and oxygen atoms in total. The van der Waals surface area contributed by atoms with Gasteiger partial charge < -0.3 is 14.8 Å². The lowest BCUT2D eigenvalue weighted by molar-refractivity contribution is 0.102. The molecule has 0 aromatic heterocycles. The van der Waals surface area contributed by atoms with Crippen LogP contribution in [0.2, 0.25) is 0 Å². The topological polar surface area (TPSA) is 47.6 Å². The number of hydrogen-bond donors (Lipinski definition) is 1. The molecule has 0 atom stereocenters. The molecule has 1 amide bonds. The lowest BCUT2D eigenvalue weighted by Crippen LogP contribution is -2.12. The molecule has 0 aliphatic rings. The zero-order chi connectivity index (χ0) is 15.9. The van der Waals surface area contributed by atoms with Gasteiger partial charge >= 0.3 is 0 Å². The van der Waals surface area contributed by atoms with Gasteiger partial charge in [-0.2, -0.15) is 0 Å². The van der Waals surface area contributed by atoms with Crippen LogP contribution in [-0.2, 0) is 0 Å². The van der Waals surface area contributed by atoms with Crippen molar-refractivity contribution in [3.8, 4) is 11.5 Å². The smallest absolute Gasteiger partial charge is 0.255 e. The summed E-state index contributed by atoms with van der Waals surface area (Å²) in [7, 11) is 1.60. The Morgan fingerprint density at radius 1 is 1.32 bits per heavy atom. The summed E-state index contributed by atoms with van der Waals surface area (Å²) in [6.45, 7) is 4.03. The number of carbonyl (C=O) groups is 1. The quantitative estimate of drug-likeness (QED) is 0.577. The maximum atomic E-state index is 12.3. The fraction of sp³-hybridized carbons (Fsp3) is 0.118. The van der Waals surface area contributed by atoms with Crippen molar-refractivity contribution >= 4 is 34.2 Å². The zero-order valence-corrected chi connectivity index (χ0v) is 14.3. The van der Waals surface area contributed by atoms with Crippen LogP contribution < -0.4 is 14.8 Å². The van der Waals surface area contributed by atoms with Crippen LogP contribution in [0.5, 0.6) is 11.5 Å². The fourth-order valence-corrected chi connectivity index (χ4v) is 2.57. The Kier molecular flexibility index (Phi) is 5.83. The number of benzene rings is 2. The van der Waals surface area contributed by atoms with Crippen LogP contribution in [0, 0.1) is 3.57 Å². The number of ether oxygens (including phenoxy) is 2. The number of halogens is 1. The molecule has 0 saturated carbocycles. The second-order valence-corrected chi connectivity index (χ2v) is 5.59. The van der Waals surface area contributed by atoms with Gasteiger partial charge in [0.2, 0.25) is 0 Å². The molecule has 0 aliphatic heterocycles. The van der Waals surface area contributed by atoms with Gasteiger partial charge in [-0.1, -0.05) is 18.7 Å². The first kappa shape index (κ1) is 16.4. The Morgan fingerprint density at radius 3 is 2.82 bits per heavy atom. The van der Waals surface area contributed by atoms with Crippen LogP contribution >= 0.6 is 22.6 Å². The van der Waals surface area contributed by atoms with Gasteiger partial charge in [-0.15, -0.1) is 0 Å². The molecule has 114 valence electrons. The van der Waals surface area contributed by atoms with E-state index in [0.717, 1.165) is 9.32 Å². The predicted molar refractivity (Wildman–Crippen MR) is 95.8 cm³/mol. The highest BCUT2D eigenvalue weighted by molar-refractivity contribution is 14.1. The molecule has 2 aromatic rings. The number of rotatable bonds is 6. The Balaban J connectivity index is 2.11. The third-order valence-electron chi connectivity index (χ3n) is 2.87. The van der Waals surface area contributed by atoms with E-state index in [-0.39, 0.29) is 5.91 Å².